The fraction of sp³-hybridized carbons (Fsp3) is 0.167. The monoisotopic (exact) mass is 412 g/mol. The molecule has 6 heteroatoms. The van der Waals surface area contributed by atoms with Gasteiger partial charge in [0, 0.05) is 16.0 Å². The zero-order valence-corrected chi connectivity index (χ0v) is 17.5. The maximum Gasteiger partial charge on any atom is 0.226 e. The van der Waals surface area contributed by atoms with Gasteiger partial charge in [-0.2, -0.15) is 10.1 Å². The number of nitrogens with zero attached hydrogens (tertiary/aromatic N) is 3. The molecule has 148 valence electrons. The van der Waals surface area contributed by atoms with E-state index in [4.69, 9.17) is 4.74 Å². The second kappa shape index (κ2) is 6.57. The largest absolute Gasteiger partial charge is 0.480 e. The first-order valence-electron chi connectivity index (χ1n) is 9.97. The highest BCUT2D eigenvalue weighted by Gasteiger charge is 2.41. The molecule has 0 aliphatic carbocycles. The number of nitrogens with one attached hydrogen (secondary N) is 1. The Morgan fingerprint density at radius 3 is 2.67 bits per heavy atom. The molecule has 0 bridgehead atoms. The van der Waals surface area contributed by atoms with Gasteiger partial charge in [0.1, 0.15) is 18.1 Å². The third-order valence-electron chi connectivity index (χ3n) is 5.76. The Labute approximate surface area is 178 Å². The number of fused-ring (bicyclic) bond motifs is 3. The van der Waals surface area contributed by atoms with Crippen molar-refractivity contribution >= 4 is 23.0 Å². The number of ether oxygens (including phenoxy) is 1. The molecular formula is C24H20N4OS. The number of rotatable bonds is 2. The number of aromatic nitrogens is 3. The first-order valence-corrected chi connectivity index (χ1v) is 10.9. The van der Waals surface area contributed by atoms with Gasteiger partial charge in [0.15, 0.2) is 6.10 Å². The van der Waals surface area contributed by atoms with E-state index in [2.05, 4.69) is 89.2 Å². The summed E-state index contributed by atoms with van der Waals surface area (Å²) in [7, 11) is 0. The third-order valence-corrected chi connectivity index (χ3v) is 6.68. The average molecular weight is 413 g/mol. The van der Waals surface area contributed by atoms with Gasteiger partial charge in [-0.05, 0) is 43.0 Å². The van der Waals surface area contributed by atoms with E-state index in [0.29, 0.717) is 0 Å². The van der Waals surface area contributed by atoms with Gasteiger partial charge in [0.25, 0.3) is 0 Å². The van der Waals surface area contributed by atoms with Crippen molar-refractivity contribution in [2.24, 2.45) is 0 Å². The van der Waals surface area contributed by atoms with Crippen LogP contribution in [0.1, 0.15) is 39.3 Å². The summed E-state index contributed by atoms with van der Waals surface area (Å²) in [5.41, 5.74) is 6.91. The van der Waals surface area contributed by atoms with Crippen molar-refractivity contribution in [3.05, 3.63) is 99.0 Å². The van der Waals surface area contributed by atoms with E-state index in [1.807, 2.05) is 4.68 Å². The molecular weight excluding hydrogens is 392 g/mol. The summed E-state index contributed by atoms with van der Waals surface area (Å²) in [5.74, 6) is 1.64. The van der Waals surface area contributed by atoms with Gasteiger partial charge in [-0.1, -0.05) is 47.5 Å². The first kappa shape index (κ1) is 17.5. The van der Waals surface area contributed by atoms with Gasteiger partial charge in [-0.15, -0.1) is 11.3 Å². The van der Waals surface area contributed by atoms with Gasteiger partial charge in [0.05, 0.1) is 5.70 Å². The van der Waals surface area contributed by atoms with E-state index in [9.17, 15) is 0 Å². The summed E-state index contributed by atoms with van der Waals surface area (Å²) >= 11 is 1.71. The van der Waals surface area contributed by atoms with Gasteiger partial charge in [-0.3, -0.25) is 0 Å². The van der Waals surface area contributed by atoms with E-state index < -0.39 is 0 Å². The predicted molar refractivity (Wildman–Crippen MR) is 119 cm³/mol. The molecule has 2 aliphatic heterocycles. The van der Waals surface area contributed by atoms with Crippen LogP contribution in [0, 0.1) is 13.8 Å². The van der Waals surface area contributed by atoms with Crippen LogP contribution in [-0.2, 0) is 0 Å². The topological polar surface area (TPSA) is 52.0 Å². The fourth-order valence-corrected chi connectivity index (χ4v) is 5.10. The SMILES string of the molecule is Cc1ccc([C@@H]2C3=C(Nc4ncnn42)c2cc(C)ccc2O[C@@H]3c2cccs2)cc1. The molecule has 2 aliphatic rings. The van der Waals surface area contributed by atoms with Gasteiger partial charge < -0.3 is 10.1 Å². The molecule has 0 radical (unpaired) electrons. The molecule has 0 amide bonds. The van der Waals surface area contributed by atoms with E-state index in [1.165, 1.54) is 21.6 Å². The quantitative estimate of drug-likeness (QED) is 0.471. The average Bonchev–Trinajstić information content (AvgIpc) is 3.44. The number of aryl methyl sites for hydroxylation is 2. The minimum Gasteiger partial charge on any atom is -0.480 e. The summed E-state index contributed by atoms with van der Waals surface area (Å²) in [4.78, 5) is 5.67. The summed E-state index contributed by atoms with van der Waals surface area (Å²) in [6.07, 6.45) is 1.42. The molecule has 2 aromatic carbocycles. The van der Waals surface area contributed by atoms with E-state index in [1.54, 1.807) is 17.7 Å². The second-order valence-corrected chi connectivity index (χ2v) is 8.79. The van der Waals surface area contributed by atoms with Crippen LogP contribution in [0.5, 0.6) is 5.75 Å². The zero-order chi connectivity index (χ0) is 20.2. The third kappa shape index (κ3) is 2.60. The number of thiophene rings is 1. The molecule has 2 atom stereocenters. The molecule has 6 rings (SSSR count). The molecule has 0 unspecified atom stereocenters. The van der Waals surface area contributed by atoms with Crippen LogP contribution < -0.4 is 10.1 Å². The molecule has 0 fully saturated rings. The Balaban J connectivity index is 1.64. The van der Waals surface area contributed by atoms with Crippen LogP contribution in [0.2, 0.25) is 0 Å². The number of benzene rings is 2. The number of hydrogen-bond donors (Lipinski definition) is 1. The smallest absolute Gasteiger partial charge is 0.226 e. The molecule has 2 aromatic heterocycles. The predicted octanol–water partition coefficient (Wildman–Crippen LogP) is 5.52. The molecule has 30 heavy (non-hydrogen) atoms. The Morgan fingerprint density at radius 2 is 1.87 bits per heavy atom. The van der Waals surface area contributed by atoms with Crippen molar-refractivity contribution in [3.8, 4) is 5.75 Å². The normalized spacial score (nSPS) is 19.4. The van der Waals surface area contributed by atoms with Crippen LogP contribution in [0.15, 0.2) is 71.9 Å². The van der Waals surface area contributed by atoms with Gasteiger partial charge >= 0.3 is 0 Å². The van der Waals surface area contributed by atoms with E-state index in [0.717, 1.165) is 28.5 Å². The van der Waals surface area contributed by atoms with Crippen LogP contribution in [0.25, 0.3) is 5.70 Å². The fourth-order valence-electron chi connectivity index (χ4n) is 4.33. The Morgan fingerprint density at radius 1 is 1.03 bits per heavy atom. The van der Waals surface area contributed by atoms with Crippen molar-refractivity contribution < 1.29 is 4.74 Å². The summed E-state index contributed by atoms with van der Waals surface area (Å²) in [5, 5.41) is 10.2. The molecule has 0 spiro atoms. The summed E-state index contributed by atoms with van der Waals surface area (Å²) in [6, 6.07) is 19.1. The maximum absolute atomic E-state index is 6.62. The minimum absolute atomic E-state index is 0.0971. The van der Waals surface area contributed by atoms with Crippen molar-refractivity contribution in [2.75, 3.05) is 5.32 Å². The Hall–Kier alpha value is -3.38. The van der Waals surface area contributed by atoms with Crippen molar-refractivity contribution in [2.45, 2.75) is 26.0 Å². The van der Waals surface area contributed by atoms with Crippen LogP contribution >= 0.6 is 11.3 Å². The molecule has 4 heterocycles. The second-order valence-electron chi connectivity index (χ2n) is 7.81. The van der Waals surface area contributed by atoms with Crippen LogP contribution in [0.4, 0.5) is 5.95 Å². The van der Waals surface area contributed by atoms with E-state index in [-0.39, 0.29) is 12.1 Å². The lowest BCUT2D eigenvalue weighted by atomic mass is 9.86. The molecule has 4 aromatic rings. The highest BCUT2D eigenvalue weighted by atomic mass is 32.1. The van der Waals surface area contributed by atoms with Crippen LogP contribution in [-0.4, -0.2) is 14.8 Å². The summed E-state index contributed by atoms with van der Waals surface area (Å²) < 4.78 is 8.59. The zero-order valence-electron chi connectivity index (χ0n) is 16.7. The lowest BCUT2D eigenvalue weighted by Gasteiger charge is -2.38. The lowest BCUT2D eigenvalue weighted by Crippen LogP contribution is -2.32. The van der Waals surface area contributed by atoms with E-state index >= 15 is 0 Å². The molecule has 0 saturated heterocycles. The maximum atomic E-state index is 6.62. The highest BCUT2D eigenvalue weighted by Crippen LogP contribution is 2.51. The van der Waals surface area contributed by atoms with Crippen molar-refractivity contribution in [1.82, 2.24) is 14.8 Å². The molecule has 5 nitrogen and oxygen atoms in total. The van der Waals surface area contributed by atoms with Gasteiger partial charge in [0.2, 0.25) is 5.95 Å². The Bertz CT molecular complexity index is 1270. The first-order chi connectivity index (χ1) is 14.7. The number of anilines is 1. The lowest BCUT2D eigenvalue weighted by molar-refractivity contribution is 0.226. The minimum atomic E-state index is -0.189. The van der Waals surface area contributed by atoms with Crippen molar-refractivity contribution in [1.29, 1.82) is 0 Å². The van der Waals surface area contributed by atoms with Crippen molar-refractivity contribution in [3.63, 3.8) is 0 Å². The molecule has 0 saturated carbocycles. The Kier molecular flexibility index (Phi) is 3.83. The molecule has 1 N–H and O–H groups in total. The van der Waals surface area contributed by atoms with Crippen LogP contribution in [0.3, 0.4) is 0 Å². The standard InChI is InChI=1S/C24H20N4OS/c1-14-5-8-16(9-6-14)22-20-21(27-24-25-13-26-28(22)24)17-12-15(2)7-10-18(17)29-23(20)19-4-3-11-30-19/h3-13,22-23H,1-2H3,(H,25,26,27)/t22-,23-/m1/s1. The highest BCUT2D eigenvalue weighted by molar-refractivity contribution is 7.10. The van der Waals surface area contributed by atoms with Gasteiger partial charge in [-0.25, -0.2) is 4.68 Å². The summed E-state index contributed by atoms with van der Waals surface area (Å²) in [6.45, 7) is 4.21. The number of hydrogen-bond acceptors (Lipinski definition) is 5.